The third-order valence-electron chi connectivity index (χ3n) is 4.97. The lowest BCUT2D eigenvalue weighted by atomic mass is 10.1. The topological polar surface area (TPSA) is 105 Å². The summed E-state index contributed by atoms with van der Waals surface area (Å²) >= 11 is 0. The maximum absolute atomic E-state index is 12.8. The van der Waals surface area contributed by atoms with Crippen LogP contribution < -0.4 is 11.1 Å². The number of H-pyrrole nitrogens is 1. The third kappa shape index (κ3) is 3.27. The molecular weight excluding hydrogens is 380 g/mol. The fraction of sp³-hybridized carbons (Fsp3) is 0.316. The quantitative estimate of drug-likeness (QED) is 0.709. The van der Waals surface area contributed by atoms with Crippen LogP contribution in [0.1, 0.15) is 24.2 Å². The Morgan fingerprint density at radius 2 is 1.86 bits per heavy atom. The van der Waals surface area contributed by atoms with Gasteiger partial charge in [0.25, 0.3) is 11.1 Å². The summed E-state index contributed by atoms with van der Waals surface area (Å²) in [4.78, 5) is 31.8. The Balaban J connectivity index is 1.75. The molecule has 0 atom stereocenters. The Kier molecular flexibility index (Phi) is 4.64. The summed E-state index contributed by atoms with van der Waals surface area (Å²) in [6, 6.07) is 7.88. The van der Waals surface area contributed by atoms with Crippen LogP contribution in [0.25, 0.3) is 10.9 Å². The lowest BCUT2D eigenvalue weighted by Crippen LogP contribution is -2.30. The summed E-state index contributed by atoms with van der Waals surface area (Å²) in [6.45, 7) is 2.80. The van der Waals surface area contributed by atoms with E-state index < -0.39 is 10.0 Å². The molecule has 4 rings (SSSR count). The molecule has 0 spiro atoms. The number of nitrogens with zero attached hydrogens (tertiary/aromatic N) is 3. The summed E-state index contributed by atoms with van der Waals surface area (Å²) in [5.41, 5.74) is 0.753. The molecule has 0 amide bonds. The van der Waals surface area contributed by atoms with Gasteiger partial charge in [-0.15, -0.1) is 0 Å². The molecule has 1 N–H and O–H groups in total. The lowest BCUT2D eigenvalue weighted by molar-refractivity contribution is 0.476. The van der Waals surface area contributed by atoms with Gasteiger partial charge in [0.1, 0.15) is 5.82 Å². The second kappa shape index (κ2) is 6.99. The number of pyridine rings is 1. The number of para-hydroxylation sites is 1. The van der Waals surface area contributed by atoms with Crippen molar-refractivity contribution in [2.45, 2.75) is 31.2 Å². The molecule has 0 radical (unpaired) electrons. The second-order valence-electron chi connectivity index (χ2n) is 6.93. The van der Waals surface area contributed by atoms with Crippen molar-refractivity contribution in [3.63, 3.8) is 0 Å². The van der Waals surface area contributed by atoms with Gasteiger partial charge in [0.15, 0.2) is 0 Å². The molecule has 3 heterocycles. The van der Waals surface area contributed by atoms with Crippen LogP contribution in [0.2, 0.25) is 0 Å². The summed E-state index contributed by atoms with van der Waals surface area (Å²) in [6.07, 6.45) is 2.99. The number of sulfonamides is 1. The SMILES string of the molecule is Cc1cccc2c(=O)[nH]c(Cn3cc(S(=O)(=O)N4CCCC4)ccc3=O)nc12. The van der Waals surface area contributed by atoms with Gasteiger partial charge < -0.3 is 9.55 Å². The normalized spacial score (nSPS) is 15.3. The fourth-order valence-electron chi connectivity index (χ4n) is 3.45. The number of rotatable bonds is 4. The average molecular weight is 400 g/mol. The molecule has 1 fully saturated rings. The molecule has 1 aromatic carbocycles. The molecule has 1 aliphatic rings. The van der Waals surface area contributed by atoms with Crippen LogP contribution in [0.15, 0.2) is 51.0 Å². The van der Waals surface area contributed by atoms with Gasteiger partial charge in [0.2, 0.25) is 10.0 Å². The van der Waals surface area contributed by atoms with Crippen LogP contribution in [-0.4, -0.2) is 40.3 Å². The molecular formula is C19H20N4O4S. The van der Waals surface area contributed by atoms with Crippen LogP contribution >= 0.6 is 0 Å². The summed E-state index contributed by atoms with van der Waals surface area (Å²) in [5, 5.41) is 0.474. The zero-order valence-corrected chi connectivity index (χ0v) is 16.2. The summed E-state index contributed by atoms with van der Waals surface area (Å²) in [7, 11) is -3.64. The van der Waals surface area contributed by atoms with Gasteiger partial charge in [-0.25, -0.2) is 13.4 Å². The van der Waals surface area contributed by atoms with E-state index in [0.717, 1.165) is 18.4 Å². The first-order valence-electron chi connectivity index (χ1n) is 9.05. The minimum atomic E-state index is -3.64. The van der Waals surface area contributed by atoms with Crippen LogP contribution in [0.3, 0.4) is 0 Å². The van der Waals surface area contributed by atoms with Gasteiger partial charge in [-0.05, 0) is 37.5 Å². The first-order valence-corrected chi connectivity index (χ1v) is 10.5. The number of aromatic amines is 1. The van der Waals surface area contributed by atoms with Gasteiger partial charge >= 0.3 is 0 Å². The Hall–Kier alpha value is -2.78. The number of hydrogen-bond donors (Lipinski definition) is 1. The highest BCUT2D eigenvalue weighted by Gasteiger charge is 2.27. The molecule has 146 valence electrons. The minimum Gasteiger partial charge on any atom is -0.308 e. The predicted octanol–water partition coefficient (Wildman–Crippen LogP) is 1.23. The zero-order chi connectivity index (χ0) is 19.9. The fourth-order valence-corrected chi connectivity index (χ4v) is 4.99. The smallest absolute Gasteiger partial charge is 0.258 e. The van der Waals surface area contributed by atoms with Crippen LogP contribution in [0, 0.1) is 6.92 Å². The van der Waals surface area contributed by atoms with Crippen molar-refractivity contribution in [2.24, 2.45) is 0 Å². The molecule has 0 unspecified atom stereocenters. The van der Waals surface area contributed by atoms with Gasteiger partial charge in [0.05, 0.1) is 22.3 Å². The molecule has 3 aromatic rings. The first-order chi connectivity index (χ1) is 13.4. The third-order valence-corrected chi connectivity index (χ3v) is 6.85. The molecule has 0 bridgehead atoms. The highest BCUT2D eigenvalue weighted by Crippen LogP contribution is 2.20. The Labute approximate surface area is 161 Å². The van der Waals surface area contributed by atoms with E-state index in [0.29, 0.717) is 29.8 Å². The van der Waals surface area contributed by atoms with Crippen LogP contribution in [0.4, 0.5) is 0 Å². The largest absolute Gasteiger partial charge is 0.308 e. The van der Waals surface area contributed by atoms with Crippen molar-refractivity contribution in [1.82, 2.24) is 18.8 Å². The molecule has 9 heteroatoms. The summed E-state index contributed by atoms with van der Waals surface area (Å²) < 4.78 is 28.2. The van der Waals surface area contributed by atoms with E-state index in [1.807, 2.05) is 13.0 Å². The molecule has 1 saturated heterocycles. The number of fused-ring (bicyclic) bond motifs is 1. The number of nitrogens with one attached hydrogen (secondary N) is 1. The number of aryl methyl sites for hydroxylation is 1. The molecule has 8 nitrogen and oxygen atoms in total. The number of aromatic nitrogens is 3. The van der Waals surface area contributed by atoms with E-state index in [-0.39, 0.29) is 22.6 Å². The van der Waals surface area contributed by atoms with Crippen LogP contribution in [-0.2, 0) is 16.6 Å². The van der Waals surface area contributed by atoms with Crippen molar-refractivity contribution in [2.75, 3.05) is 13.1 Å². The van der Waals surface area contributed by atoms with E-state index in [1.54, 1.807) is 12.1 Å². The van der Waals surface area contributed by atoms with Gasteiger partial charge in [-0.3, -0.25) is 9.59 Å². The van der Waals surface area contributed by atoms with Gasteiger partial charge in [0, 0.05) is 25.4 Å². The predicted molar refractivity (Wildman–Crippen MR) is 105 cm³/mol. The number of benzene rings is 1. The van der Waals surface area contributed by atoms with E-state index in [4.69, 9.17) is 0 Å². The van der Waals surface area contributed by atoms with Gasteiger partial charge in [-0.1, -0.05) is 12.1 Å². The van der Waals surface area contributed by atoms with Crippen molar-refractivity contribution < 1.29 is 8.42 Å². The molecule has 2 aromatic heterocycles. The highest BCUT2D eigenvalue weighted by molar-refractivity contribution is 7.89. The standard InChI is InChI=1S/C19H20N4O4S/c1-13-5-4-6-15-18(13)20-16(21-19(15)25)12-22-11-14(7-8-17(22)24)28(26,27)23-9-2-3-10-23/h4-8,11H,2-3,9-10,12H2,1H3,(H,20,21,25). The monoisotopic (exact) mass is 400 g/mol. The van der Waals surface area contributed by atoms with Crippen LogP contribution in [0.5, 0.6) is 0 Å². The van der Waals surface area contributed by atoms with Crippen molar-refractivity contribution in [3.05, 3.63) is 68.6 Å². The Morgan fingerprint density at radius 3 is 2.61 bits per heavy atom. The second-order valence-corrected chi connectivity index (χ2v) is 8.86. The minimum absolute atomic E-state index is 0.0261. The van der Waals surface area contributed by atoms with Gasteiger partial charge in [-0.2, -0.15) is 4.31 Å². The first kappa shape index (κ1) is 18.6. The molecule has 1 aliphatic heterocycles. The van der Waals surface area contributed by atoms with E-state index in [1.165, 1.54) is 27.2 Å². The highest BCUT2D eigenvalue weighted by atomic mass is 32.2. The molecule has 28 heavy (non-hydrogen) atoms. The average Bonchev–Trinajstić information content (AvgIpc) is 3.20. The Morgan fingerprint density at radius 1 is 1.11 bits per heavy atom. The zero-order valence-electron chi connectivity index (χ0n) is 15.4. The van der Waals surface area contributed by atoms with E-state index in [2.05, 4.69) is 9.97 Å². The van der Waals surface area contributed by atoms with Crippen molar-refractivity contribution >= 4 is 20.9 Å². The lowest BCUT2D eigenvalue weighted by Gasteiger charge is -2.16. The van der Waals surface area contributed by atoms with E-state index >= 15 is 0 Å². The Bertz CT molecular complexity index is 1270. The van der Waals surface area contributed by atoms with Crippen molar-refractivity contribution in [1.29, 1.82) is 0 Å². The maximum atomic E-state index is 12.8. The number of hydrogen-bond acceptors (Lipinski definition) is 5. The molecule has 0 aliphatic carbocycles. The maximum Gasteiger partial charge on any atom is 0.258 e. The molecule has 0 saturated carbocycles. The summed E-state index contributed by atoms with van der Waals surface area (Å²) in [5.74, 6) is 0.296. The van der Waals surface area contributed by atoms with E-state index in [9.17, 15) is 18.0 Å². The van der Waals surface area contributed by atoms with Crippen molar-refractivity contribution in [3.8, 4) is 0 Å².